The Morgan fingerprint density at radius 2 is 1.75 bits per heavy atom. The van der Waals surface area contributed by atoms with Crippen LogP contribution in [0.2, 0.25) is 10.0 Å². The van der Waals surface area contributed by atoms with Gasteiger partial charge in [-0.1, -0.05) is 36.2 Å². The number of methoxy groups -OCH3 is 1. The van der Waals surface area contributed by atoms with Gasteiger partial charge in [-0.05, 0) is 48.7 Å². The molecule has 0 bridgehead atoms. The number of halogens is 2. The van der Waals surface area contributed by atoms with Crippen molar-refractivity contribution in [3.63, 3.8) is 0 Å². The molecule has 0 radical (unpaired) electrons. The summed E-state index contributed by atoms with van der Waals surface area (Å²) in [6, 6.07) is 9.48. The highest BCUT2D eigenvalue weighted by Crippen LogP contribution is 2.30. The van der Waals surface area contributed by atoms with Crippen LogP contribution in [0.15, 0.2) is 41.3 Å². The van der Waals surface area contributed by atoms with Crippen LogP contribution in [-0.2, 0) is 10.0 Å². The quantitative estimate of drug-likeness (QED) is 0.778. The summed E-state index contributed by atoms with van der Waals surface area (Å²) in [6.45, 7) is 3.82. The number of aryl methyl sites for hydroxylation is 1. The zero-order valence-electron chi connectivity index (χ0n) is 13.6. The summed E-state index contributed by atoms with van der Waals surface area (Å²) in [7, 11) is -2.36. The first-order chi connectivity index (χ1) is 11.3. The van der Waals surface area contributed by atoms with Gasteiger partial charge in [0.05, 0.1) is 7.11 Å². The third-order valence-electron chi connectivity index (χ3n) is 3.73. The van der Waals surface area contributed by atoms with Crippen molar-refractivity contribution >= 4 is 33.2 Å². The molecule has 0 saturated carbocycles. The van der Waals surface area contributed by atoms with Gasteiger partial charge in [-0.25, -0.2) is 13.1 Å². The van der Waals surface area contributed by atoms with E-state index in [4.69, 9.17) is 27.9 Å². The van der Waals surface area contributed by atoms with E-state index in [-0.39, 0.29) is 16.7 Å². The first kappa shape index (κ1) is 19.1. The van der Waals surface area contributed by atoms with Crippen LogP contribution in [0.3, 0.4) is 0 Å². The van der Waals surface area contributed by atoms with Gasteiger partial charge >= 0.3 is 0 Å². The van der Waals surface area contributed by atoms with E-state index in [0.29, 0.717) is 16.5 Å². The second-order valence-corrected chi connectivity index (χ2v) is 7.93. The standard InChI is InChI=1S/C17H19Cl2NO3S/c1-4-15(14-7-5-12(18)9-11(14)2)20-24(21,22)17-8-6-13(19)10-16(17)23-3/h5-10,15,20H,4H2,1-3H3. The van der Waals surface area contributed by atoms with Crippen LogP contribution in [0, 0.1) is 6.92 Å². The van der Waals surface area contributed by atoms with Gasteiger partial charge in [0.15, 0.2) is 0 Å². The lowest BCUT2D eigenvalue weighted by Gasteiger charge is -2.20. The van der Waals surface area contributed by atoms with E-state index < -0.39 is 10.0 Å². The molecule has 2 aromatic carbocycles. The molecule has 1 N–H and O–H groups in total. The fourth-order valence-corrected chi connectivity index (χ4v) is 4.35. The molecule has 4 nitrogen and oxygen atoms in total. The van der Waals surface area contributed by atoms with E-state index in [2.05, 4.69) is 4.72 Å². The van der Waals surface area contributed by atoms with E-state index in [1.807, 2.05) is 26.0 Å². The summed E-state index contributed by atoms with van der Waals surface area (Å²) in [6.07, 6.45) is 0.595. The van der Waals surface area contributed by atoms with Gasteiger partial charge in [-0.15, -0.1) is 0 Å². The zero-order valence-corrected chi connectivity index (χ0v) is 16.0. The largest absolute Gasteiger partial charge is 0.495 e. The molecule has 0 heterocycles. The molecule has 1 unspecified atom stereocenters. The maximum Gasteiger partial charge on any atom is 0.244 e. The average Bonchev–Trinajstić information content (AvgIpc) is 2.52. The number of sulfonamides is 1. The van der Waals surface area contributed by atoms with Gasteiger partial charge < -0.3 is 4.74 Å². The van der Waals surface area contributed by atoms with E-state index in [1.165, 1.54) is 25.3 Å². The number of ether oxygens (including phenoxy) is 1. The molecular formula is C17H19Cl2NO3S. The Morgan fingerprint density at radius 3 is 2.33 bits per heavy atom. The van der Waals surface area contributed by atoms with Crippen LogP contribution in [0.4, 0.5) is 0 Å². The predicted octanol–water partition coefficient (Wildman–Crippen LogP) is 4.74. The van der Waals surface area contributed by atoms with Crippen molar-refractivity contribution < 1.29 is 13.2 Å². The van der Waals surface area contributed by atoms with E-state index in [1.54, 1.807) is 6.07 Å². The van der Waals surface area contributed by atoms with Crippen LogP contribution < -0.4 is 9.46 Å². The van der Waals surface area contributed by atoms with Gasteiger partial charge in [-0.3, -0.25) is 0 Å². The van der Waals surface area contributed by atoms with Crippen molar-refractivity contribution in [1.29, 1.82) is 0 Å². The summed E-state index contributed by atoms with van der Waals surface area (Å²) in [4.78, 5) is 0.0551. The Morgan fingerprint density at radius 1 is 1.12 bits per heavy atom. The summed E-state index contributed by atoms with van der Waals surface area (Å²) < 4.78 is 33.5. The van der Waals surface area contributed by atoms with Crippen LogP contribution in [0.25, 0.3) is 0 Å². The Bertz CT molecular complexity index is 838. The molecule has 24 heavy (non-hydrogen) atoms. The second kappa shape index (κ2) is 7.74. The van der Waals surface area contributed by atoms with Crippen molar-refractivity contribution in [2.75, 3.05) is 7.11 Å². The molecule has 1 atom stereocenters. The zero-order chi connectivity index (χ0) is 17.9. The Labute approximate surface area is 152 Å². The van der Waals surface area contributed by atoms with Crippen molar-refractivity contribution in [3.8, 4) is 5.75 Å². The van der Waals surface area contributed by atoms with Gasteiger partial charge in [-0.2, -0.15) is 0 Å². The molecule has 0 fully saturated rings. The smallest absolute Gasteiger partial charge is 0.244 e. The lowest BCUT2D eigenvalue weighted by atomic mass is 10.0. The van der Waals surface area contributed by atoms with Crippen LogP contribution in [-0.4, -0.2) is 15.5 Å². The van der Waals surface area contributed by atoms with E-state index >= 15 is 0 Å². The minimum Gasteiger partial charge on any atom is -0.495 e. The monoisotopic (exact) mass is 387 g/mol. The van der Waals surface area contributed by atoms with Gasteiger partial charge in [0, 0.05) is 22.2 Å². The molecule has 0 spiro atoms. The predicted molar refractivity (Wildman–Crippen MR) is 97.5 cm³/mol. The van der Waals surface area contributed by atoms with Gasteiger partial charge in [0.1, 0.15) is 10.6 Å². The molecule has 0 aliphatic rings. The molecule has 0 saturated heterocycles. The molecule has 2 aromatic rings. The highest BCUT2D eigenvalue weighted by Gasteiger charge is 2.24. The molecule has 0 aliphatic heterocycles. The normalized spacial score (nSPS) is 12.9. The maximum atomic E-state index is 12.8. The molecular weight excluding hydrogens is 369 g/mol. The van der Waals surface area contributed by atoms with Crippen molar-refractivity contribution in [1.82, 2.24) is 4.72 Å². The van der Waals surface area contributed by atoms with Crippen molar-refractivity contribution in [2.24, 2.45) is 0 Å². The third kappa shape index (κ3) is 4.22. The first-order valence-corrected chi connectivity index (χ1v) is 9.64. The van der Waals surface area contributed by atoms with Crippen LogP contribution >= 0.6 is 23.2 Å². The number of hydrogen-bond donors (Lipinski definition) is 1. The van der Waals surface area contributed by atoms with E-state index in [9.17, 15) is 8.42 Å². The summed E-state index contributed by atoms with van der Waals surface area (Å²) in [5.74, 6) is 0.206. The Balaban J connectivity index is 2.39. The molecule has 0 amide bonds. The highest BCUT2D eigenvalue weighted by molar-refractivity contribution is 7.89. The fraction of sp³-hybridized carbons (Fsp3) is 0.294. The number of hydrogen-bond acceptors (Lipinski definition) is 3. The van der Waals surface area contributed by atoms with Crippen LogP contribution in [0.1, 0.15) is 30.5 Å². The minimum absolute atomic E-state index is 0.0551. The lowest BCUT2D eigenvalue weighted by molar-refractivity contribution is 0.402. The second-order valence-electron chi connectivity index (χ2n) is 5.38. The van der Waals surface area contributed by atoms with Crippen LogP contribution in [0.5, 0.6) is 5.75 Å². The van der Waals surface area contributed by atoms with Gasteiger partial charge in [0.25, 0.3) is 0 Å². The topological polar surface area (TPSA) is 55.4 Å². The summed E-state index contributed by atoms with van der Waals surface area (Å²) in [5, 5.41) is 1.03. The average molecular weight is 388 g/mol. The lowest BCUT2D eigenvalue weighted by Crippen LogP contribution is -2.29. The van der Waals surface area contributed by atoms with Gasteiger partial charge in [0.2, 0.25) is 10.0 Å². The maximum absolute atomic E-state index is 12.8. The van der Waals surface area contributed by atoms with E-state index in [0.717, 1.165) is 11.1 Å². The first-order valence-electron chi connectivity index (χ1n) is 7.40. The van der Waals surface area contributed by atoms with Crippen molar-refractivity contribution in [3.05, 3.63) is 57.6 Å². The molecule has 0 aliphatic carbocycles. The third-order valence-corrected chi connectivity index (χ3v) is 5.71. The fourth-order valence-electron chi connectivity index (χ4n) is 2.51. The van der Waals surface area contributed by atoms with Crippen molar-refractivity contribution in [2.45, 2.75) is 31.2 Å². The molecule has 0 aromatic heterocycles. The molecule has 2 rings (SSSR count). The Hall–Kier alpha value is -1.27. The Kier molecular flexibility index (Phi) is 6.15. The summed E-state index contributed by atoms with van der Waals surface area (Å²) >= 11 is 11.9. The highest BCUT2D eigenvalue weighted by atomic mass is 35.5. The molecule has 130 valence electrons. The number of benzene rings is 2. The minimum atomic E-state index is -3.77. The summed E-state index contributed by atoms with van der Waals surface area (Å²) in [5.41, 5.74) is 1.82. The number of nitrogens with one attached hydrogen (secondary N) is 1. The number of rotatable bonds is 6. The molecule has 7 heteroatoms. The SMILES string of the molecule is CCC(NS(=O)(=O)c1ccc(Cl)cc1OC)c1ccc(Cl)cc1C.